The van der Waals surface area contributed by atoms with Gasteiger partial charge in [0.2, 0.25) is 5.91 Å². The van der Waals surface area contributed by atoms with E-state index in [1.54, 1.807) is 0 Å². The maximum atomic E-state index is 14.2. The second-order valence-corrected chi connectivity index (χ2v) is 7.38. The highest BCUT2D eigenvalue weighted by Gasteiger charge is 2.33. The molecular formula is C19H26FN3O4. The number of hydrogen-bond acceptors (Lipinski definition) is 3. The molecular weight excluding hydrogens is 353 g/mol. The van der Waals surface area contributed by atoms with Crippen molar-refractivity contribution < 1.29 is 23.9 Å². The van der Waals surface area contributed by atoms with E-state index in [0.29, 0.717) is 6.42 Å². The van der Waals surface area contributed by atoms with Crippen molar-refractivity contribution in [2.45, 2.75) is 45.7 Å². The molecule has 0 saturated heterocycles. The predicted molar refractivity (Wildman–Crippen MR) is 97.5 cm³/mol. The summed E-state index contributed by atoms with van der Waals surface area (Å²) in [6.07, 6.45) is 2.10. The van der Waals surface area contributed by atoms with Gasteiger partial charge in [0.15, 0.2) is 0 Å². The van der Waals surface area contributed by atoms with E-state index < -0.39 is 29.6 Å². The maximum Gasteiger partial charge on any atom is 0.317 e. The molecule has 1 aliphatic carbocycles. The molecule has 3 amide bonds. The van der Waals surface area contributed by atoms with Gasteiger partial charge in [-0.15, -0.1) is 0 Å². The van der Waals surface area contributed by atoms with Crippen molar-refractivity contribution in [3.05, 3.63) is 35.1 Å². The largest absolute Gasteiger partial charge is 0.481 e. The molecule has 0 aliphatic heterocycles. The summed E-state index contributed by atoms with van der Waals surface area (Å²) in [5.41, 5.74) is 5.48. The summed E-state index contributed by atoms with van der Waals surface area (Å²) >= 11 is 0. The molecule has 148 valence electrons. The highest BCUT2D eigenvalue weighted by molar-refractivity contribution is 5.92. The minimum atomic E-state index is -0.949. The highest BCUT2D eigenvalue weighted by Crippen LogP contribution is 2.29. The number of halogens is 1. The van der Waals surface area contributed by atoms with E-state index in [9.17, 15) is 23.9 Å². The Morgan fingerprint density at radius 2 is 2.00 bits per heavy atom. The van der Waals surface area contributed by atoms with E-state index in [1.807, 2.05) is 13.8 Å². The number of carboxylic acid groups (broad SMARTS) is 1. The van der Waals surface area contributed by atoms with Crippen LogP contribution in [0.25, 0.3) is 0 Å². The lowest BCUT2D eigenvalue weighted by Gasteiger charge is -2.24. The van der Waals surface area contributed by atoms with E-state index in [0.717, 1.165) is 18.9 Å². The summed E-state index contributed by atoms with van der Waals surface area (Å²) in [7, 11) is 0. The number of nitrogens with zero attached hydrogens (tertiary/aromatic N) is 1. The van der Waals surface area contributed by atoms with Gasteiger partial charge in [-0.3, -0.25) is 9.59 Å². The van der Waals surface area contributed by atoms with Crippen LogP contribution in [-0.4, -0.2) is 40.5 Å². The number of aliphatic carboxylic acids is 1. The van der Waals surface area contributed by atoms with Gasteiger partial charge in [-0.05, 0) is 37.3 Å². The monoisotopic (exact) mass is 379 g/mol. The Morgan fingerprint density at radius 1 is 1.33 bits per heavy atom. The van der Waals surface area contributed by atoms with Crippen LogP contribution in [0, 0.1) is 17.7 Å². The second-order valence-electron chi connectivity index (χ2n) is 7.38. The standard InChI is InChI=1S/C19H26FN3O4/c1-11(2)7-14(18(25)26)9-22-19(27)23(15-5-6-15)10-13-4-3-12(17(21)24)8-16(13)20/h3-4,8,11,14-15H,5-7,9-10H2,1-2H3,(H2,21,24)(H,22,27)(H,25,26). The van der Waals surface area contributed by atoms with Crippen LogP contribution in [0.5, 0.6) is 0 Å². The highest BCUT2D eigenvalue weighted by atomic mass is 19.1. The van der Waals surface area contributed by atoms with E-state index in [4.69, 9.17) is 5.73 Å². The van der Waals surface area contributed by atoms with Crippen LogP contribution in [0.2, 0.25) is 0 Å². The smallest absolute Gasteiger partial charge is 0.317 e. The molecule has 0 bridgehead atoms. The Bertz CT molecular complexity index is 719. The van der Waals surface area contributed by atoms with Crippen LogP contribution >= 0.6 is 0 Å². The lowest BCUT2D eigenvalue weighted by Crippen LogP contribution is -2.44. The molecule has 8 heteroatoms. The lowest BCUT2D eigenvalue weighted by molar-refractivity contribution is -0.142. The number of hydrogen-bond donors (Lipinski definition) is 3. The van der Waals surface area contributed by atoms with Gasteiger partial charge in [0.25, 0.3) is 0 Å². The van der Waals surface area contributed by atoms with Crippen LogP contribution in [0.1, 0.15) is 49.0 Å². The first-order valence-electron chi connectivity index (χ1n) is 9.04. The molecule has 1 atom stereocenters. The molecule has 4 N–H and O–H groups in total. The van der Waals surface area contributed by atoms with Gasteiger partial charge in [0.1, 0.15) is 5.82 Å². The Kier molecular flexibility index (Phi) is 6.76. The number of benzene rings is 1. The third kappa shape index (κ3) is 5.94. The van der Waals surface area contributed by atoms with Crippen molar-refractivity contribution in [3.8, 4) is 0 Å². The first kappa shape index (κ1) is 20.7. The molecule has 1 aromatic carbocycles. The van der Waals surface area contributed by atoms with Crippen molar-refractivity contribution in [1.29, 1.82) is 0 Å². The zero-order valence-electron chi connectivity index (χ0n) is 15.6. The van der Waals surface area contributed by atoms with Crippen LogP contribution in [0.4, 0.5) is 9.18 Å². The average molecular weight is 379 g/mol. The zero-order valence-corrected chi connectivity index (χ0v) is 15.6. The van der Waals surface area contributed by atoms with E-state index in [1.165, 1.54) is 17.0 Å². The quantitative estimate of drug-likeness (QED) is 0.611. The molecule has 1 aliphatic rings. The van der Waals surface area contributed by atoms with Crippen LogP contribution in [0.15, 0.2) is 18.2 Å². The van der Waals surface area contributed by atoms with Crippen molar-refractivity contribution in [2.75, 3.05) is 6.54 Å². The molecule has 1 fully saturated rings. The first-order chi connectivity index (χ1) is 12.7. The summed E-state index contributed by atoms with van der Waals surface area (Å²) in [6.45, 7) is 3.92. The van der Waals surface area contributed by atoms with Crippen molar-refractivity contribution >= 4 is 17.9 Å². The lowest BCUT2D eigenvalue weighted by atomic mass is 9.97. The first-order valence-corrected chi connectivity index (χ1v) is 9.04. The van der Waals surface area contributed by atoms with Gasteiger partial charge in [0, 0.05) is 23.7 Å². The van der Waals surface area contributed by atoms with Gasteiger partial charge in [0.05, 0.1) is 12.5 Å². The number of amides is 3. The summed E-state index contributed by atoms with van der Waals surface area (Å²) < 4.78 is 14.2. The van der Waals surface area contributed by atoms with Gasteiger partial charge in [-0.1, -0.05) is 19.9 Å². The Hall–Kier alpha value is -2.64. The molecule has 0 radical (unpaired) electrons. The summed E-state index contributed by atoms with van der Waals surface area (Å²) in [4.78, 5) is 36.5. The molecule has 0 heterocycles. The van der Waals surface area contributed by atoms with E-state index in [-0.39, 0.29) is 36.2 Å². The fourth-order valence-corrected chi connectivity index (χ4v) is 2.92. The molecule has 7 nitrogen and oxygen atoms in total. The zero-order chi connectivity index (χ0) is 20.1. The van der Waals surface area contributed by atoms with Crippen molar-refractivity contribution in [2.24, 2.45) is 17.6 Å². The van der Waals surface area contributed by atoms with Crippen molar-refractivity contribution in [1.82, 2.24) is 10.2 Å². The third-order valence-corrected chi connectivity index (χ3v) is 4.53. The fourth-order valence-electron chi connectivity index (χ4n) is 2.92. The topological polar surface area (TPSA) is 113 Å². The fraction of sp³-hybridized carbons (Fsp3) is 0.526. The average Bonchev–Trinajstić information content (AvgIpc) is 3.41. The molecule has 27 heavy (non-hydrogen) atoms. The Labute approximate surface area is 157 Å². The maximum absolute atomic E-state index is 14.2. The van der Waals surface area contributed by atoms with Crippen molar-refractivity contribution in [3.63, 3.8) is 0 Å². The number of primary amides is 1. The molecule has 0 aromatic heterocycles. The molecule has 0 spiro atoms. The van der Waals surface area contributed by atoms with Gasteiger partial charge in [-0.25, -0.2) is 9.18 Å². The van der Waals surface area contributed by atoms with Crippen LogP contribution in [0.3, 0.4) is 0 Å². The summed E-state index contributed by atoms with van der Waals surface area (Å²) in [5, 5.41) is 12.0. The van der Waals surface area contributed by atoms with E-state index in [2.05, 4.69) is 5.32 Å². The normalized spacial score (nSPS) is 14.7. The predicted octanol–water partition coefficient (Wildman–Crippen LogP) is 2.35. The molecule has 2 rings (SSSR count). The molecule has 1 saturated carbocycles. The number of rotatable bonds is 9. The number of carboxylic acids is 1. The molecule has 1 aromatic rings. The minimum absolute atomic E-state index is 0.00796. The number of carbonyl (C=O) groups excluding carboxylic acids is 2. The SMILES string of the molecule is CC(C)CC(CNC(=O)N(Cc1ccc(C(N)=O)cc1F)C1CC1)C(=O)O. The summed E-state index contributed by atoms with van der Waals surface area (Å²) in [5.74, 6) is -2.74. The minimum Gasteiger partial charge on any atom is -0.481 e. The number of urea groups is 1. The van der Waals surface area contributed by atoms with Crippen LogP contribution < -0.4 is 11.1 Å². The number of nitrogens with two attached hydrogens (primary N) is 1. The Balaban J connectivity index is 2.03. The van der Waals surface area contributed by atoms with E-state index >= 15 is 0 Å². The van der Waals surface area contributed by atoms with Gasteiger partial charge in [-0.2, -0.15) is 0 Å². The summed E-state index contributed by atoms with van der Waals surface area (Å²) in [6, 6.07) is 3.52. The number of nitrogens with one attached hydrogen (secondary N) is 1. The Morgan fingerprint density at radius 3 is 2.48 bits per heavy atom. The molecule has 1 unspecified atom stereocenters. The van der Waals surface area contributed by atoms with Crippen LogP contribution in [-0.2, 0) is 11.3 Å². The van der Waals surface area contributed by atoms with Gasteiger partial charge >= 0.3 is 12.0 Å². The second kappa shape index (κ2) is 8.83. The number of carbonyl (C=O) groups is 3. The van der Waals surface area contributed by atoms with Gasteiger partial charge < -0.3 is 21.1 Å². The third-order valence-electron chi connectivity index (χ3n) is 4.53.